The largest absolute Gasteiger partial charge is 0.471 e. The standard InChI is InChI=1S/C11H14F3NO3/c1-3-4-5-6-7-8(9(16)18-2)15-10(17)11(12,13)14/h3-6,8H,7H2,1-2H3,(H,15,17)/b4-3+,6-5+. The molecule has 7 heteroatoms. The van der Waals surface area contributed by atoms with Gasteiger partial charge in [-0.05, 0) is 13.3 Å². The Morgan fingerprint density at radius 1 is 1.33 bits per heavy atom. The summed E-state index contributed by atoms with van der Waals surface area (Å²) < 4.78 is 40.4. The number of methoxy groups -OCH3 is 1. The van der Waals surface area contributed by atoms with Crippen LogP contribution in [0.2, 0.25) is 0 Å². The Morgan fingerprint density at radius 3 is 2.39 bits per heavy atom. The second kappa shape index (κ2) is 7.52. The van der Waals surface area contributed by atoms with Gasteiger partial charge in [0.1, 0.15) is 6.04 Å². The van der Waals surface area contributed by atoms with E-state index in [2.05, 4.69) is 4.74 Å². The number of hydrogen-bond donors (Lipinski definition) is 1. The quantitative estimate of drug-likeness (QED) is 0.608. The zero-order valence-electron chi connectivity index (χ0n) is 9.95. The second-order valence-corrected chi connectivity index (χ2v) is 3.24. The maximum absolute atomic E-state index is 12.0. The molecule has 0 radical (unpaired) electrons. The van der Waals surface area contributed by atoms with Crippen LogP contribution in [0.15, 0.2) is 24.3 Å². The molecule has 18 heavy (non-hydrogen) atoms. The molecule has 4 nitrogen and oxygen atoms in total. The topological polar surface area (TPSA) is 55.4 Å². The Labute approximate surface area is 102 Å². The van der Waals surface area contributed by atoms with Crippen molar-refractivity contribution in [2.75, 3.05) is 7.11 Å². The molecule has 0 aromatic rings. The number of esters is 1. The second-order valence-electron chi connectivity index (χ2n) is 3.24. The molecule has 0 saturated carbocycles. The maximum atomic E-state index is 12.0. The van der Waals surface area contributed by atoms with E-state index in [0.717, 1.165) is 7.11 Å². The summed E-state index contributed by atoms with van der Waals surface area (Å²) in [4.78, 5) is 21.9. The zero-order chi connectivity index (χ0) is 14.2. The maximum Gasteiger partial charge on any atom is 0.471 e. The van der Waals surface area contributed by atoms with E-state index in [1.807, 2.05) is 0 Å². The third kappa shape index (κ3) is 6.07. The van der Waals surface area contributed by atoms with Crippen molar-refractivity contribution < 1.29 is 27.5 Å². The van der Waals surface area contributed by atoms with Gasteiger partial charge >= 0.3 is 18.1 Å². The van der Waals surface area contributed by atoms with E-state index >= 15 is 0 Å². The first-order valence-electron chi connectivity index (χ1n) is 5.06. The first kappa shape index (κ1) is 16.2. The molecule has 0 bridgehead atoms. The summed E-state index contributed by atoms with van der Waals surface area (Å²) in [5, 5.41) is 1.57. The number of halogens is 3. The highest BCUT2D eigenvalue weighted by atomic mass is 19.4. The highest BCUT2D eigenvalue weighted by Gasteiger charge is 2.40. The van der Waals surface area contributed by atoms with E-state index < -0.39 is 24.1 Å². The number of rotatable bonds is 5. The fraction of sp³-hybridized carbons (Fsp3) is 0.455. The summed E-state index contributed by atoms with van der Waals surface area (Å²) >= 11 is 0. The molecule has 1 unspecified atom stereocenters. The van der Waals surface area contributed by atoms with Crippen LogP contribution in [-0.2, 0) is 14.3 Å². The van der Waals surface area contributed by atoms with Gasteiger partial charge in [-0.15, -0.1) is 0 Å². The number of ether oxygens (including phenoxy) is 1. The van der Waals surface area contributed by atoms with E-state index in [1.165, 1.54) is 6.08 Å². The first-order valence-corrected chi connectivity index (χ1v) is 5.06. The van der Waals surface area contributed by atoms with Crippen LogP contribution in [0.5, 0.6) is 0 Å². The monoisotopic (exact) mass is 265 g/mol. The molecule has 0 spiro atoms. The van der Waals surface area contributed by atoms with E-state index in [4.69, 9.17) is 0 Å². The smallest absolute Gasteiger partial charge is 0.467 e. The van der Waals surface area contributed by atoms with Crippen LogP contribution < -0.4 is 5.32 Å². The van der Waals surface area contributed by atoms with Gasteiger partial charge in [-0.3, -0.25) is 4.79 Å². The van der Waals surface area contributed by atoms with Gasteiger partial charge in [0, 0.05) is 0 Å². The van der Waals surface area contributed by atoms with Crippen molar-refractivity contribution in [1.82, 2.24) is 5.32 Å². The third-order valence-electron chi connectivity index (χ3n) is 1.86. The molecule has 1 atom stereocenters. The van der Waals surface area contributed by atoms with Crippen LogP contribution in [0.4, 0.5) is 13.2 Å². The molecule has 1 amide bonds. The normalized spacial score (nSPS) is 13.8. The summed E-state index contributed by atoms with van der Waals surface area (Å²) in [5.41, 5.74) is 0. The lowest BCUT2D eigenvalue weighted by Crippen LogP contribution is -2.47. The van der Waals surface area contributed by atoms with Gasteiger partial charge < -0.3 is 10.1 Å². The van der Waals surface area contributed by atoms with E-state index in [0.29, 0.717) is 0 Å². The van der Waals surface area contributed by atoms with Crippen LogP contribution in [0.3, 0.4) is 0 Å². The minimum atomic E-state index is -5.03. The van der Waals surface area contributed by atoms with Crippen LogP contribution in [0, 0.1) is 0 Å². The average molecular weight is 265 g/mol. The minimum Gasteiger partial charge on any atom is -0.467 e. The fourth-order valence-electron chi connectivity index (χ4n) is 1.00. The molecule has 0 aliphatic rings. The summed E-state index contributed by atoms with van der Waals surface area (Å²) in [5.74, 6) is -3.10. The molecule has 0 aromatic carbocycles. The minimum absolute atomic E-state index is 0.0845. The molecule has 102 valence electrons. The van der Waals surface area contributed by atoms with Crippen LogP contribution in [0.1, 0.15) is 13.3 Å². The predicted octanol–water partition coefficient (Wildman–Crippen LogP) is 1.73. The lowest BCUT2D eigenvalue weighted by molar-refractivity contribution is -0.175. The van der Waals surface area contributed by atoms with E-state index in [-0.39, 0.29) is 6.42 Å². The van der Waals surface area contributed by atoms with Crippen molar-refractivity contribution in [3.63, 3.8) is 0 Å². The molecule has 0 saturated heterocycles. The molecule has 0 aromatic heterocycles. The highest BCUT2D eigenvalue weighted by molar-refractivity contribution is 5.87. The van der Waals surface area contributed by atoms with Crippen LogP contribution in [0.25, 0.3) is 0 Å². The van der Waals surface area contributed by atoms with Crippen molar-refractivity contribution in [2.45, 2.75) is 25.6 Å². The van der Waals surface area contributed by atoms with E-state index in [1.54, 1.807) is 30.5 Å². The van der Waals surface area contributed by atoms with Gasteiger partial charge in [0.25, 0.3) is 0 Å². The third-order valence-corrected chi connectivity index (χ3v) is 1.86. The summed E-state index contributed by atoms with van der Waals surface area (Å²) in [6.45, 7) is 1.76. The number of nitrogens with one attached hydrogen (secondary N) is 1. The van der Waals surface area contributed by atoms with Gasteiger partial charge in [0.15, 0.2) is 0 Å². The Hall–Kier alpha value is -1.79. The Kier molecular flexibility index (Phi) is 6.77. The van der Waals surface area contributed by atoms with Crippen molar-refractivity contribution >= 4 is 11.9 Å². The number of carbonyl (C=O) groups excluding carboxylic acids is 2. The van der Waals surface area contributed by atoms with Gasteiger partial charge in [-0.2, -0.15) is 13.2 Å². The molecule has 0 aliphatic carbocycles. The zero-order valence-corrected chi connectivity index (χ0v) is 9.95. The molecule has 1 N–H and O–H groups in total. The molecule has 0 aliphatic heterocycles. The Bertz CT molecular complexity index is 348. The van der Waals surface area contributed by atoms with Crippen LogP contribution >= 0.6 is 0 Å². The van der Waals surface area contributed by atoms with Crippen molar-refractivity contribution in [3.8, 4) is 0 Å². The number of hydrogen-bond acceptors (Lipinski definition) is 3. The lowest BCUT2D eigenvalue weighted by Gasteiger charge is -2.15. The predicted molar refractivity (Wildman–Crippen MR) is 58.6 cm³/mol. The van der Waals surface area contributed by atoms with Gasteiger partial charge in [0.2, 0.25) is 0 Å². The first-order chi connectivity index (χ1) is 8.32. The highest BCUT2D eigenvalue weighted by Crippen LogP contribution is 2.15. The van der Waals surface area contributed by atoms with Gasteiger partial charge in [-0.1, -0.05) is 24.3 Å². The van der Waals surface area contributed by atoms with Crippen molar-refractivity contribution in [3.05, 3.63) is 24.3 Å². The van der Waals surface area contributed by atoms with Crippen molar-refractivity contribution in [1.29, 1.82) is 0 Å². The average Bonchev–Trinajstić information content (AvgIpc) is 2.30. The summed E-state index contributed by atoms with van der Waals surface area (Å²) in [7, 11) is 1.03. The summed E-state index contributed by atoms with van der Waals surface area (Å²) in [6.07, 6.45) is 1.24. The number of alkyl halides is 3. The molecular weight excluding hydrogens is 251 g/mol. The van der Waals surface area contributed by atoms with E-state index in [9.17, 15) is 22.8 Å². The van der Waals surface area contributed by atoms with Crippen molar-refractivity contribution in [2.24, 2.45) is 0 Å². The van der Waals surface area contributed by atoms with Gasteiger partial charge in [-0.25, -0.2) is 4.79 Å². The van der Waals surface area contributed by atoms with Crippen LogP contribution in [-0.4, -0.2) is 31.2 Å². The summed E-state index contributed by atoms with van der Waals surface area (Å²) in [6, 6.07) is -1.36. The number of amides is 1. The SMILES string of the molecule is C/C=C/C=C/CC(NC(=O)C(F)(F)F)C(=O)OC. The Balaban J connectivity index is 4.60. The molecule has 0 rings (SSSR count). The molecule has 0 heterocycles. The lowest BCUT2D eigenvalue weighted by atomic mass is 10.2. The molecule has 0 fully saturated rings. The number of allylic oxidation sites excluding steroid dienone is 3. The number of carbonyl (C=O) groups is 2. The van der Waals surface area contributed by atoms with Gasteiger partial charge in [0.05, 0.1) is 7.11 Å². The fourth-order valence-corrected chi connectivity index (χ4v) is 1.00. The Morgan fingerprint density at radius 2 is 1.94 bits per heavy atom. The molecular formula is C11H14F3NO3.